The standard InChI is InChI=1S/C13H17N3OS/c1-9-5-6-11(17-2)10(8-9)13-16-15-12(18-13)4-3-7-14/h5-6,8H,3-4,7,14H2,1-2H3. The van der Waals surface area contributed by atoms with Crippen molar-refractivity contribution in [2.45, 2.75) is 19.8 Å². The first-order valence-electron chi connectivity index (χ1n) is 5.92. The molecular weight excluding hydrogens is 246 g/mol. The monoisotopic (exact) mass is 263 g/mol. The molecule has 1 heterocycles. The zero-order valence-corrected chi connectivity index (χ0v) is 11.5. The molecule has 0 fully saturated rings. The van der Waals surface area contributed by atoms with Crippen LogP contribution in [0, 0.1) is 6.92 Å². The van der Waals surface area contributed by atoms with Crippen molar-refractivity contribution in [2.24, 2.45) is 5.73 Å². The van der Waals surface area contributed by atoms with Gasteiger partial charge in [-0.15, -0.1) is 10.2 Å². The zero-order chi connectivity index (χ0) is 13.0. The summed E-state index contributed by atoms with van der Waals surface area (Å²) >= 11 is 1.61. The van der Waals surface area contributed by atoms with Crippen molar-refractivity contribution < 1.29 is 4.74 Å². The highest BCUT2D eigenvalue weighted by molar-refractivity contribution is 7.14. The van der Waals surface area contributed by atoms with Crippen LogP contribution >= 0.6 is 11.3 Å². The second kappa shape index (κ2) is 5.93. The van der Waals surface area contributed by atoms with E-state index in [2.05, 4.69) is 23.2 Å². The van der Waals surface area contributed by atoms with Gasteiger partial charge in [0.1, 0.15) is 10.8 Å². The molecule has 1 aromatic heterocycles. The molecule has 2 N–H and O–H groups in total. The maximum absolute atomic E-state index is 5.50. The first kappa shape index (κ1) is 13.0. The molecule has 5 heteroatoms. The highest BCUT2D eigenvalue weighted by Crippen LogP contribution is 2.32. The van der Waals surface area contributed by atoms with Crippen molar-refractivity contribution in [3.05, 3.63) is 28.8 Å². The SMILES string of the molecule is COc1ccc(C)cc1-c1nnc(CCCN)s1. The number of nitrogens with two attached hydrogens (primary N) is 1. The maximum Gasteiger partial charge on any atom is 0.151 e. The van der Waals surface area contributed by atoms with Gasteiger partial charge in [0.25, 0.3) is 0 Å². The van der Waals surface area contributed by atoms with Gasteiger partial charge in [0.05, 0.1) is 12.7 Å². The van der Waals surface area contributed by atoms with Crippen LogP contribution in [0.5, 0.6) is 5.75 Å². The first-order chi connectivity index (χ1) is 8.74. The molecule has 0 aliphatic heterocycles. The van der Waals surface area contributed by atoms with Crippen molar-refractivity contribution >= 4 is 11.3 Å². The van der Waals surface area contributed by atoms with Crippen LogP contribution in [0.25, 0.3) is 10.6 Å². The van der Waals surface area contributed by atoms with Crippen LogP contribution in [0.4, 0.5) is 0 Å². The third-order valence-corrected chi connectivity index (χ3v) is 3.66. The molecule has 2 aromatic rings. The molecule has 0 unspecified atom stereocenters. The lowest BCUT2D eigenvalue weighted by molar-refractivity contribution is 0.416. The molecule has 0 atom stereocenters. The van der Waals surface area contributed by atoms with E-state index in [1.165, 1.54) is 5.56 Å². The lowest BCUT2D eigenvalue weighted by atomic mass is 10.1. The molecule has 18 heavy (non-hydrogen) atoms. The Hall–Kier alpha value is -1.46. The van der Waals surface area contributed by atoms with Gasteiger partial charge >= 0.3 is 0 Å². The molecule has 0 saturated heterocycles. The fourth-order valence-corrected chi connectivity index (χ4v) is 2.61. The number of rotatable bonds is 5. The van der Waals surface area contributed by atoms with Gasteiger partial charge in [-0.2, -0.15) is 0 Å². The van der Waals surface area contributed by atoms with Crippen LogP contribution in [0.15, 0.2) is 18.2 Å². The Morgan fingerprint density at radius 3 is 2.89 bits per heavy atom. The normalized spacial score (nSPS) is 10.6. The average molecular weight is 263 g/mol. The summed E-state index contributed by atoms with van der Waals surface area (Å²) in [4.78, 5) is 0. The Kier molecular flexibility index (Phi) is 4.28. The van der Waals surface area contributed by atoms with Crippen LogP contribution in [0.2, 0.25) is 0 Å². The van der Waals surface area contributed by atoms with Gasteiger partial charge in [-0.3, -0.25) is 0 Å². The lowest BCUT2D eigenvalue weighted by Gasteiger charge is -2.05. The van der Waals surface area contributed by atoms with Gasteiger partial charge in [-0.1, -0.05) is 23.0 Å². The Morgan fingerprint density at radius 2 is 2.17 bits per heavy atom. The minimum atomic E-state index is 0.683. The van der Waals surface area contributed by atoms with Crippen LogP contribution in [0.1, 0.15) is 17.0 Å². The number of ether oxygens (including phenoxy) is 1. The third kappa shape index (κ3) is 2.86. The summed E-state index contributed by atoms with van der Waals surface area (Å²) in [7, 11) is 1.67. The summed E-state index contributed by atoms with van der Waals surface area (Å²) in [6.45, 7) is 2.74. The van der Waals surface area contributed by atoms with E-state index < -0.39 is 0 Å². The number of benzene rings is 1. The molecule has 1 aromatic carbocycles. The molecule has 96 valence electrons. The smallest absolute Gasteiger partial charge is 0.151 e. The topological polar surface area (TPSA) is 61.0 Å². The highest BCUT2D eigenvalue weighted by atomic mass is 32.1. The molecule has 0 amide bonds. The molecule has 0 saturated carbocycles. The Bertz CT molecular complexity index is 525. The summed E-state index contributed by atoms with van der Waals surface area (Å²) < 4.78 is 5.36. The summed E-state index contributed by atoms with van der Waals surface area (Å²) in [5, 5.41) is 10.4. The molecule has 0 aliphatic rings. The quantitative estimate of drug-likeness (QED) is 0.900. The van der Waals surface area contributed by atoms with E-state index in [4.69, 9.17) is 10.5 Å². The minimum Gasteiger partial charge on any atom is -0.496 e. The van der Waals surface area contributed by atoms with E-state index in [0.29, 0.717) is 6.54 Å². The maximum atomic E-state index is 5.50. The second-order valence-electron chi connectivity index (χ2n) is 4.10. The molecule has 0 bridgehead atoms. The van der Waals surface area contributed by atoms with Crippen LogP contribution in [0.3, 0.4) is 0 Å². The lowest BCUT2D eigenvalue weighted by Crippen LogP contribution is -1.99. The largest absolute Gasteiger partial charge is 0.496 e. The molecule has 4 nitrogen and oxygen atoms in total. The summed E-state index contributed by atoms with van der Waals surface area (Å²) in [5.41, 5.74) is 7.69. The number of nitrogens with zero attached hydrogens (tertiary/aromatic N) is 2. The second-order valence-corrected chi connectivity index (χ2v) is 5.16. The Labute approximate surface area is 111 Å². The number of hydrogen-bond acceptors (Lipinski definition) is 5. The zero-order valence-electron chi connectivity index (χ0n) is 10.6. The predicted molar refractivity (Wildman–Crippen MR) is 74.0 cm³/mol. The van der Waals surface area contributed by atoms with E-state index in [-0.39, 0.29) is 0 Å². The van der Waals surface area contributed by atoms with E-state index in [1.54, 1.807) is 18.4 Å². The van der Waals surface area contributed by atoms with Crippen LogP contribution in [-0.2, 0) is 6.42 Å². The van der Waals surface area contributed by atoms with Crippen molar-refractivity contribution in [2.75, 3.05) is 13.7 Å². The van der Waals surface area contributed by atoms with Crippen LogP contribution in [-0.4, -0.2) is 23.9 Å². The van der Waals surface area contributed by atoms with Gasteiger partial charge in [-0.25, -0.2) is 0 Å². The molecule has 0 aliphatic carbocycles. The summed E-state index contributed by atoms with van der Waals surface area (Å²) in [6.07, 6.45) is 1.84. The van der Waals surface area contributed by atoms with Gasteiger partial charge in [0.2, 0.25) is 0 Å². The van der Waals surface area contributed by atoms with E-state index in [9.17, 15) is 0 Å². The Morgan fingerprint density at radius 1 is 1.33 bits per heavy atom. The number of hydrogen-bond donors (Lipinski definition) is 1. The van der Waals surface area contributed by atoms with E-state index in [1.807, 2.05) is 12.1 Å². The van der Waals surface area contributed by atoms with Crippen molar-refractivity contribution in [1.29, 1.82) is 0 Å². The third-order valence-electron chi connectivity index (χ3n) is 2.65. The van der Waals surface area contributed by atoms with E-state index >= 15 is 0 Å². The van der Waals surface area contributed by atoms with Gasteiger partial charge in [0.15, 0.2) is 5.01 Å². The predicted octanol–water partition coefficient (Wildman–Crippen LogP) is 2.41. The fourth-order valence-electron chi connectivity index (χ4n) is 1.71. The fraction of sp³-hybridized carbons (Fsp3) is 0.385. The van der Waals surface area contributed by atoms with Crippen LogP contribution < -0.4 is 10.5 Å². The number of aromatic nitrogens is 2. The molecule has 0 radical (unpaired) electrons. The van der Waals surface area contributed by atoms with Gasteiger partial charge < -0.3 is 10.5 Å². The van der Waals surface area contributed by atoms with Gasteiger partial charge in [0, 0.05) is 6.42 Å². The van der Waals surface area contributed by atoms with Crippen molar-refractivity contribution in [3.63, 3.8) is 0 Å². The van der Waals surface area contributed by atoms with E-state index in [0.717, 1.165) is 34.2 Å². The summed E-state index contributed by atoms with van der Waals surface area (Å²) in [6, 6.07) is 6.07. The Balaban J connectivity index is 2.30. The van der Waals surface area contributed by atoms with Crippen molar-refractivity contribution in [1.82, 2.24) is 10.2 Å². The van der Waals surface area contributed by atoms with Crippen molar-refractivity contribution in [3.8, 4) is 16.3 Å². The molecule has 0 spiro atoms. The average Bonchev–Trinajstić information content (AvgIpc) is 2.85. The molecule has 2 rings (SSSR count). The summed E-state index contributed by atoms with van der Waals surface area (Å²) in [5.74, 6) is 0.835. The number of methoxy groups -OCH3 is 1. The minimum absolute atomic E-state index is 0.683. The first-order valence-corrected chi connectivity index (χ1v) is 6.73. The van der Waals surface area contributed by atoms with Gasteiger partial charge in [-0.05, 0) is 32.0 Å². The molecular formula is C13H17N3OS. The number of aryl methyl sites for hydroxylation is 2. The highest BCUT2D eigenvalue weighted by Gasteiger charge is 2.11.